The fourth-order valence-corrected chi connectivity index (χ4v) is 2.21. The summed E-state index contributed by atoms with van der Waals surface area (Å²) < 4.78 is 7.92. The molecule has 1 heterocycles. The number of aromatic nitrogens is 2. The third-order valence-electron chi connectivity index (χ3n) is 1.99. The minimum Gasteiger partial charge on any atom is -0.384 e. The molecule has 0 bridgehead atoms. The Bertz CT molecular complexity index is 322. The molecule has 0 saturated heterocycles. The van der Waals surface area contributed by atoms with E-state index in [1.165, 1.54) is 0 Å². The minimum atomic E-state index is -0.999. The van der Waals surface area contributed by atoms with Gasteiger partial charge >= 0.3 is 0 Å². The van der Waals surface area contributed by atoms with Crippen molar-refractivity contribution in [2.75, 3.05) is 12.3 Å². The van der Waals surface area contributed by atoms with Gasteiger partial charge in [-0.05, 0) is 22.0 Å². The van der Waals surface area contributed by atoms with Crippen LogP contribution >= 0.6 is 15.9 Å². The van der Waals surface area contributed by atoms with Crippen molar-refractivity contribution in [3.8, 4) is 0 Å². The average Bonchev–Trinajstić information content (AvgIpc) is 2.37. The highest BCUT2D eigenvalue weighted by atomic mass is 79.9. The summed E-state index contributed by atoms with van der Waals surface area (Å²) in [6.07, 6.45) is 0. The summed E-state index contributed by atoms with van der Waals surface area (Å²) in [5.41, 5.74) is 5.71. The standard InChI is InChI=1S/C9H18BrN3OSi/c1-15(2,3)5-4-14-7-13-9(11)6-8(10)12-13/h6H,4-5,7,11H2,1-3H3. The second kappa shape index (κ2) is 5.13. The molecule has 0 fully saturated rings. The molecule has 4 nitrogen and oxygen atoms in total. The van der Waals surface area contributed by atoms with Crippen molar-refractivity contribution in [1.29, 1.82) is 0 Å². The van der Waals surface area contributed by atoms with E-state index in [0.717, 1.165) is 17.3 Å². The van der Waals surface area contributed by atoms with E-state index in [4.69, 9.17) is 10.5 Å². The van der Waals surface area contributed by atoms with E-state index >= 15 is 0 Å². The predicted octanol–water partition coefficient (Wildman–Crippen LogP) is 2.54. The normalized spacial score (nSPS) is 12.0. The molecular weight excluding hydrogens is 274 g/mol. The lowest BCUT2D eigenvalue weighted by atomic mass is 10.7. The molecule has 0 aromatic carbocycles. The number of hydrogen-bond donors (Lipinski definition) is 1. The van der Waals surface area contributed by atoms with Gasteiger partial charge in [-0.1, -0.05) is 19.6 Å². The first-order chi connectivity index (χ1) is 6.88. The fraction of sp³-hybridized carbons (Fsp3) is 0.667. The van der Waals surface area contributed by atoms with Crippen LogP contribution in [0.25, 0.3) is 0 Å². The third kappa shape index (κ3) is 4.81. The Hall–Kier alpha value is -0.333. The van der Waals surface area contributed by atoms with Gasteiger partial charge in [0.1, 0.15) is 17.2 Å². The van der Waals surface area contributed by atoms with Gasteiger partial charge in [0.05, 0.1) is 0 Å². The Morgan fingerprint density at radius 2 is 2.20 bits per heavy atom. The maximum atomic E-state index is 5.71. The van der Waals surface area contributed by atoms with Crippen molar-refractivity contribution >= 4 is 29.8 Å². The number of nitrogen functional groups attached to an aromatic ring is 1. The highest BCUT2D eigenvalue weighted by Gasteiger charge is 2.12. The van der Waals surface area contributed by atoms with Gasteiger partial charge in [-0.3, -0.25) is 0 Å². The largest absolute Gasteiger partial charge is 0.384 e. The predicted molar refractivity (Wildman–Crippen MR) is 68.4 cm³/mol. The lowest BCUT2D eigenvalue weighted by Gasteiger charge is -2.15. The van der Waals surface area contributed by atoms with Crippen LogP contribution in [-0.4, -0.2) is 24.5 Å². The van der Waals surface area contributed by atoms with Gasteiger partial charge in [0.2, 0.25) is 0 Å². The van der Waals surface area contributed by atoms with E-state index in [1.54, 1.807) is 10.7 Å². The number of halogens is 1. The summed E-state index contributed by atoms with van der Waals surface area (Å²) in [6.45, 7) is 8.20. The van der Waals surface area contributed by atoms with Crippen LogP contribution < -0.4 is 5.73 Å². The van der Waals surface area contributed by atoms with E-state index in [-0.39, 0.29) is 0 Å². The summed E-state index contributed by atoms with van der Waals surface area (Å²) in [5, 5.41) is 4.14. The first-order valence-electron chi connectivity index (χ1n) is 4.95. The second-order valence-corrected chi connectivity index (χ2v) is 11.2. The Morgan fingerprint density at radius 3 is 2.67 bits per heavy atom. The van der Waals surface area contributed by atoms with Gasteiger partial charge < -0.3 is 10.5 Å². The van der Waals surface area contributed by atoms with E-state index in [2.05, 4.69) is 40.7 Å². The average molecular weight is 292 g/mol. The maximum Gasteiger partial charge on any atom is 0.141 e. The summed E-state index contributed by atoms with van der Waals surface area (Å²) in [4.78, 5) is 0. The Morgan fingerprint density at radius 1 is 1.53 bits per heavy atom. The summed E-state index contributed by atoms with van der Waals surface area (Å²) in [5.74, 6) is 0.620. The summed E-state index contributed by atoms with van der Waals surface area (Å²) in [6, 6.07) is 2.93. The Kier molecular flexibility index (Phi) is 4.36. The summed E-state index contributed by atoms with van der Waals surface area (Å²) in [7, 11) is -0.999. The van der Waals surface area contributed by atoms with Crippen molar-refractivity contribution in [2.45, 2.75) is 32.4 Å². The van der Waals surface area contributed by atoms with Crippen LogP contribution in [-0.2, 0) is 11.5 Å². The summed E-state index contributed by atoms with van der Waals surface area (Å²) >= 11 is 3.26. The minimum absolute atomic E-state index is 0.432. The Labute approximate surface area is 99.9 Å². The topological polar surface area (TPSA) is 53.1 Å². The molecule has 0 amide bonds. The molecule has 0 atom stereocenters. The van der Waals surface area contributed by atoms with Gasteiger partial charge in [0.25, 0.3) is 0 Å². The molecule has 0 aliphatic rings. The molecule has 1 aromatic heterocycles. The van der Waals surface area contributed by atoms with Crippen molar-refractivity contribution in [1.82, 2.24) is 9.78 Å². The van der Waals surface area contributed by atoms with Crippen LogP contribution in [0.4, 0.5) is 5.82 Å². The molecule has 15 heavy (non-hydrogen) atoms. The molecule has 0 spiro atoms. The monoisotopic (exact) mass is 291 g/mol. The molecule has 0 aliphatic heterocycles. The molecule has 1 rings (SSSR count). The second-order valence-electron chi connectivity index (χ2n) is 4.74. The lowest BCUT2D eigenvalue weighted by Crippen LogP contribution is -2.22. The van der Waals surface area contributed by atoms with Crippen molar-refractivity contribution < 1.29 is 4.74 Å². The first-order valence-corrected chi connectivity index (χ1v) is 9.45. The van der Waals surface area contributed by atoms with E-state index < -0.39 is 8.07 Å². The fourth-order valence-electron chi connectivity index (χ4n) is 1.03. The zero-order valence-corrected chi connectivity index (χ0v) is 12.0. The number of nitrogens with two attached hydrogens (primary N) is 1. The van der Waals surface area contributed by atoms with E-state index in [9.17, 15) is 0 Å². The third-order valence-corrected chi connectivity index (χ3v) is 4.08. The molecule has 86 valence electrons. The number of hydrogen-bond acceptors (Lipinski definition) is 3. The van der Waals surface area contributed by atoms with Gasteiger partial charge in [-0.25, -0.2) is 4.68 Å². The van der Waals surface area contributed by atoms with Gasteiger partial charge in [-0.2, -0.15) is 5.10 Å². The van der Waals surface area contributed by atoms with Crippen LogP contribution in [0.2, 0.25) is 25.7 Å². The zero-order valence-electron chi connectivity index (χ0n) is 9.46. The van der Waals surface area contributed by atoms with Crippen LogP contribution in [0.1, 0.15) is 0 Å². The van der Waals surface area contributed by atoms with Crippen molar-refractivity contribution in [2.24, 2.45) is 0 Å². The zero-order chi connectivity index (χ0) is 11.5. The van der Waals surface area contributed by atoms with Gasteiger partial charge in [0, 0.05) is 20.7 Å². The van der Waals surface area contributed by atoms with Crippen LogP contribution in [0.15, 0.2) is 10.7 Å². The quantitative estimate of drug-likeness (QED) is 0.670. The molecule has 0 aliphatic carbocycles. The van der Waals surface area contributed by atoms with Crippen LogP contribution in [0, 0.1) is 0 Å². The maximum absolute atomic E-state index is 5.71. The lowest BCUT2D eigenvalue weighted by molar-refractivity contribution is 0.0800. The van der Waals surface area contributed by atoms with E-state index in [1.807, 2.05) is 0 Å². The molecule has 0 saturated carbocycles. The number of nitrogens with zero attached hydrogens (tertiary/aromatic N) is 2. The number of ether oxygens (including phenoxy) is 1. The molecule has 0 unspecified atom stereocenters. The Balaban J connectivity index is 2.29. The molecule has 2 N–H and O–H groups in total. The van der Waals surface area contributed by atoms with Crippen molar-refractivity contribution in [3.05, 3.63) is 10.7 Å². The number of rotatable bonds is 5. The first kappa shape index (κ1) is 12.7. The molecule has 0 radical (unpaired) electrons. The van der Waals surface area contributed by atoms with Gasteiger partial charge in [-0.15, -0.1) is 0 Å². The molecular formula is C9H18BrN3OSi. The highest BCUT2D eigenvalue weighted by molar-refractivity contribution is 9.10. The molecule has 1 aromatic rings. The van der Waals surface area contributed by atoms with E-state index in [0.29, 0.717) is 12.5 Å². The SMILES string of the molecule is C[Si](C)(C)CCOCn1nc(Br)cc1N. The smallest absolute Gasteiger partial charge is 0.141 e. The molecule has 6 heteroatoms. The van der Waals surface area contributed by atoms with Crippen LogP contribution in [0.5, 0.6) is 0 Å². The highest BCUT2D eigenvalue weighted by Crippen LogP contribution is 2.12. The van der Waals surface area contributed by atoms with Crippen LogP contribution in [0.3, 0.4) is 0 Å². The van der Waals surface area contributed by atoms with Crippen molar-refractivity contribution in [3.63, 3.8) is 0 Å². The number of anilines is 1. The van der Waals surface area contributed by atoms with Gasteiger partial charge in [0.15, 0.2) is 0 Å².